The second-order valence-corrected chi connectivity index (χ2v) is 9.26. The standard InChI is InChI=1S/C23H32N2O3/c1-27-15-23(10-3-11-23)22(26)25-14-19(16-4-6-18(28-2)7-5-16)21-20(25)17-8-12-24(21)13-9-17/h4-7,17,19-21H,3,8-15H2,1-2H3/t19-,20+,21+/m0/s1. The molecule has 5 heteroatoms. The first-order valence-corrected chi connectivity index (χ1v) is 10.8. The van der Waals surface area contributed by atoms with Gasteiger partial charge in [0.15, 0.2) is 0 Å². The topological polar surface area (TPSA) is 42.0 Å². The Bertz CT molecular complexity index is 722. The molecule has 4 saturated heterocycles. The SMILES string of the molecule is COCC1(C(=O)N2C[C@@H](c3ccc(OC)cc3)[C@@H]3[C@H]2C2CCN3CC2)CCC1. The first-order chi connectivity index (χ1) is 13.7. The van der Waals surface area contributed by atoms with Gasteiger partial charge in [-0.15, -0.1) is 0 Å². The Hall–Kier alpha value is -1.59. The van der Waals surface area contributed by atoms with Crippen LogP contribution in [0.4, 0.5) is 0 Å². The first kappa shape index (κ1) is 18.4. The van der Waals surface area contributed by atoms with E-state index in [0.717, 1.165) is 31.6 Å². The number of likely N-dealkylation sites (tertiary alicyclic amines) is 1. The van der Waals surface area contributed by atoms with Crippen molar-refractivity contribution < 1.29 is 14.3 Å². The Morgan fingerprint density at radius 1 is 1.11 bits per heavy atom. The molecule has 0 N–H and O–H groups in total. The van der Waals surface area contributed by atoms with Gasteiger partial charge in [0.25, 0.3) is 0 Å². The number of hydrogen-bond donors (Lipinski definition) is 0. The Labute approximate surface area is 168 Å². The van der Waals surface area contributed by atoms with Crippen LogP contribution >= 0.6 is 0 Å². The summed E-state index contributed by atoms with van der Waals surface area (Å²) in [5, 5.41) is 0. The minimum absolute atomic E-state index is 0.264. The highest BCUT2D eigenvalue weighted by atomic mass is 16.5. The molecule has 1 aromatic carbocycles. The molecule has 0 unspecified atom stereocenters. The molecule has 5 aliphatic rings. The molecule has 152 valence electrons. The fourth-order valence-electron chi connectivity index (χ4n) is 6.40. The molecule has 6 rings (SSSR count). The molecule has 0 spiro atoms. The molecule has 0 aromatic heterocycles. The lowest BCUT2D eigenvalue weighted by molar-refractivity contribution is -0.156. The predicted octanol–water partition coefficient (Wildman–Crippen LogP) is 2.90. The molecule has 5 nitrogen and oxygen atoms in total. The van der Waals surface area contributed by atoms with Crippen LogP contribution in [-0.2, 0) is 9.53 Å². The van der Waals surface area contributed by atoms with Crippen LogP contribution in [0.3, 0.4) is 0 Å². The lowest BCUT2D eigenvalue weighted by Crippen LogP contribution is -2.62. The third-order valence-electron chi connectivity index (χ3n) is 7.98. The number of ether oxygens (including phenoxy) is 2. The van der Waals surface area contributed by atoms with E-state index in [2.05, 4.69) is 34.1 Å². The van der Waals surface area contributed by atoms with Crippen LogP contribution in [-0.4, -0.2) is 68.3 Å². The molecule has 0 radical (unpaired) electrons. The van der Waals surface area contributed by atoms with Crippen LogP contribution in [0.5, 0.6) is 5.75 Å². The quantitative estimate of drug-likeness (QED) is 0.783. The Morgan fingerprint density at radius 2 is 1.82 bits per heavy atom. The number of benzene rings is 1. The van der Waals surface area contributed by atoms with E-state index in [9.17, 15) is 4.79 Å². The monoisotopic (exact) mass is 384 g/mol. The summed E-state index contributed by atoms with van der Waals surface area (Å²) in [5.74, 6) is 2.30. The number of fused-ring (bicyclic) bond motifs is 2. The van der Waals surface area contributed by atoms with Crippen molar-refractivity contribution in [2.24, 2.45) is 11.3 Å². The third kappa shape index (κ3) is 2.70. The van der Waals surface area contributed by atoms with Gasteiger partial charge in [-0.05, 0) is 62.4 Å². The van der Waals surface area contributed by atoms with Gasteiger partial charge in [-0.25, -0.2) is 0 Å². The molecule has 4 heterocycles. The van der Waals surface area contributed by atoms with Crippen LogP contribution in [0.1, 0.15) is 43.6 Å². The van der Waals surface area contributed by atoms with Crippen molar-refractivity contribution in [1.82, 2.24) is 9.80 Å². The maximum absolute atomic E-state index is 13.8. The predicted molar refractivity (Wildman–Crippen MR) is 107 cm³/mol. The van der Waals surface area contributed by atoms with Crippen molar-refractivity contribution in [1.29, 1.82) is 0 Å². The summed E-state index contributed by atoms with van der Waals surface area (Å²) < 4.78 is 10.8. The maximum atomic E-state index is 13.8. The minimum Gasteiger partial charge on any atom is -0.497 e. The van der Waals surface area contributed by atoms with Gasteiger partial charge in [0.1, 0.15) is 5.75 Å². The van der Waals surface area contributed by atoms with Gasteiger partial charge in [0.05, 0.1) is 25.2 Å². The number of rotatable bonds is 5. The summed E-state index contributed by atoms with van der Waals surface area (Å²) in [6, 6.07) is 9.35. The van der Waals surface area contributed by atoms with Gasteiger partial charge >= 0.3 is 0 Å². The molecule has 2 bridgehead atoms. The lowest BCUT2D eigenvalue weighted by Gasteiger charge is -2.52. The maximum Gasteiger partial charge on any atom is 0.231 e. The molecular formula is C23H32N2O3. The van der Waals surface area contributed by atoms with Gasteiger partial charge in [-0.1, -0.05) is 18.6 Å². The summed E-state index contributed by atoms with van der Waals surface area (Å²) in [7, 11) is 3.44. The number of carbonyl (C=O) groups excluding carboxylic acids is 1. The third-order valence-corrected chi connectivity index (χ3v) is 7.98. The number of amides is 1. The zero-order valence-corrected chi connectivity index (χ0v) is 17.1. The molecular weight excluding hydrogens is 352 g/mol. The smallest absolute Gasteiger partial charge is 0.231 e. The second kappa shape index (κ2) is 7.03. The van der Waals surface area contributed by atoms with E-state index >= 15 is 0 Å². The second-order valence-electron chi connectivity index (χ2n) is 9.26. The van der Waals surface area contributed by atoms with Gasteiger partial charge in [-0.2, -0.15) is 0 Å². The van der Waals surface area contributed by atoms with E-state index in [0.29, 0.717) is 36.4 Å². The van der Waals surface area contributed by atoms with Crippen molar-refractivity contribution in [3.05, 3.63) is 29.8 Å². The van der Waals surface area contributed by atoms with Crippen molar-refractivity contribution in [2.75, 3.05) is 40.5 Å². The summed E-state index contributed by atoms with van der Waals surface area (Å²) in [6.45, 7) is 3.79. The fourth-order valence-corrected chi connectivity index (χ4v) is 6.40. The summed E-state index contributed by atoms with van der Waals surface area (Å²) in [6.07, 6.45) is 5.58. The van der Waals surface area contributed by atoms with Gasteiger partial charge < -0.3 is 14.4 Å². The summed E-state index contributed by atoms with van der Waals surface area (Å²) >= 11 is 0. The van der Waals surface area contributed by atoms with E-state index < -0.39 is 0 Å². The van der Waals surface area contributed by atoms with E-state index in [-0.39, 0.29) is 5.41 Å². The van der Waals surface area contributed by atoms with Crippen LogP contribution in [0, 0.1) is 11.3 Å². The first-order valence-electron chi connectivity index (χ1n) is 10.8. The van der Waals surface area contributed by atoms with E-state index in [1.807, 2.05) is 0 Å². The Balaban J connectivity index is 1.47. The molecule has 1 aliphatic carbocycles. The highest BCUT2D eigenvalue weighted by molar-refractivity contribution is 5.85. The highest BCUT2D eigenvalue weighted by Crippen LogP contribution is 2.50. The van der Waals surface area contributed by atoms with Crippen LogP contribution in [0.25, 0.3) is 0 Å². The van der Waals surface area contributed by atoms with Crippen molar-refractivity contribution in [2.45, 2.75) is 50.1 Å². The van der Waals surface area contributed by atoms with Crippen LogP contribution < -0.4 is 4.74 Å². The van der Waals surface area contributed by atoms with Crippen molar-refractivity contribution >= 4 is 5.91 Å². The molecule has 3 atom stereocenters. The molecule has 5 fully saturated rings. The minimum atomic E-state index is -0.264. The molecule has 1 amide bonds. The highest BCUT2D eigenvalue weighted by Gasteiger charge is 2.58. The number of piperidine rings is 3. The number of methoxy groups -OCH3 is 2. The van der Waals surface area contributed by atoms with E-state index in [4.69, 9.17) is 9.47 Å². The number of hydrogen-bond acceptors (Lipinski definition) is 4. The molecule has 28 heavy (non-hydrogen) atoms. The average Bonchev–Trinajstić information content (AvgIpc) is 3.14. The fraction of sp³-hybridized carbons (Fsp3) is 0.696. The number of nitrogens with zero attached hydrogens (tertiary/aromatic N) is 2. The largest absolute Gasteiger partial charge is 0.497 e. The molecule has 1 saturated carbocycles. The van der Waals surface area contributed by atoms with Gasteiger partial charge in [0.2, 0.25) is 5.91 Å². The Morgan fingerprint density at radius 3 is 2.39 bits per heavy atom. The normalized spacial score (nSPS) is 35.4. The molecule has 1 aromatic rings. The van der Waals surface area contributed by atoms with Crippen LogP contribution in [0.15, 0.2) is 24.3 Å². The lowest BCUT2D eigenvalue weighted by atomic mass is 9.67. The zero-order valence-electron chi connectivity index (χ0n) is 17.1. The summed E-state index contributed by atoms with van der Waals surface area (Å²) in [5.41, 5.74) is 1.08. The summed E-state index contributed by atoms with van der Waals surface area (Å²) in [4.78, 5) is 18.7. The van der Waals surface area contributed by atoms with Crippen molar-refractivity contribution in [3.8, 4) is 5.75 Å². The van der Waals surface area contributed by atoms with Gasteiger partial charge in [-0.3, -0.25) is 9.69 Å². The van der Waals surface area contributed by atoms with E-state index in [1.165, 1.54) is 31.5 Å². The van der Waals surface area contributed by atoms with E-state index in [1.54, 1.807) is 14.2 Å². The van der Waals surface area contributed by atoms with Crippen LogP contribution in [0.2, 0.25) is 0 Å². The van der Waals surface area contributed by atoms with Crippen molar-refractivity contribution in [3.63, 3.8) is 0 Å². The van der Waals surface area contributed by atoms with Gasteiger partial charge in [0, 0.05) is 25.6 Å². The molecule has 4 aliphatic heterocycles. The number of carbonyl (C=O) groups is 1. The Kier molecular flexibility index (Phi) is 4.63. The zero-order chi connectivity index (χ0) is 19.3. The average molecular weight is 385 g/mol.